The molecule has 0 saturated carbocycles. The molecule has 0 heterocycles. The molecule has 0 aromatic carbocycles. The lowest BCUT2D eigenvalue weighted by Crippen LogP contribution is -2.20. The number of unbranched alkanes of at least 4 members (excludes halogenated alkanes) is 3. The minimum absolute atomic E-state index is 0.426. The first-order valence-electron chi connectivity index (χ1n) is 7.87. The molecule has 0 saturated heterocycles. The predicted molar refractivity (Wildman–Crippen MR) is 91.2 cm³/mol. The Morgan fingerprint density at radius 3 is 2.00 bits per heavy atom. The second-order valence-corrected chi connectivity index (χ2v) is 13.8. The topological polar surface area (TPSA) is 35.5 Å². The predicted octanol–water partition coefficient (Wildman–Crippen LogP) is 6.05. The molecule has 0 amide bonds. The molecule has 3 nitrogen and oxygen atoms in total. The molecule has 0 aromatic heterocycles. The van der Waals surface area contributed by atoms with Gasteiger partial charge in [-0.25, -0.2) is 0 Å². The molecule has 0 unspecified atom stereocenters. The summed E-state index contributed by atoms with van der Waals surface area (Å²) in [5.74, 6) is 0. The van der Waals surface area contributed by atoms with E-state index in [0.717, 1.165) is 24.2 Å². The third-order valence-corrected chi connectivity index (χ3v) is 6.83. The molecule has 0 bridgehead atoms. The largest absolute Gasteiger partial charge is 0.356 e. The second-order valence-electron chi connectivity index (χ2n) is 6.26. The van der Waals surface area contributed by atoms with E-state index in [9.17, 15) is 4.57 Å². The van der Waals surface area contributed by atoms with E-state index in [-0.39, 0.29) is 0 Å². The van der Waals surface area contributed by atoms with Crippen molar-refractivity contribution in [1.29, 1.82) is 0 Å². The van der Waals surface area contributed by atoms with Gasteiger partial charge in [0, 0.05) is 13.4 Å². The highest BCUT2D eigenvalue weighted by Crippen LogP contribution is 2.58. The first-order chi connectivity index (χ1) is 9.29. The summed E-state index contributed by atoms with van der Waals surface area (Å²) >= 11 is 0. The van der Waals surface area contributed by atoms with Gasteiger partial charge < -0.3 is 9.05 Å². The summed E-state index contributed by atoms with van der Waals surface area (Å²) in [6, 6.07) is 0.885. The van der Waals surface area contributed by atoms with Crippen LogP contribution in [0.3, 0.4) is 0 Å². The Hall–Kier alpha value is 0.107. The van der Waals surface area contributed by atoms with Gasteiger partial charge in [0.05, 0.1) is 13.2 Å². The van der Waals surface area contributed by atoms with Gasteiger partial charge in [-0.3, -0.25) is 4.57 Å². The van der Waals surface area contributed by atoms with Crippen LogP contribution in [0.5, 0.6) is 0 Å². The molecule has 0 radical (unpaired) electrons. The normalized spacial score (nSPS) is 13.8. The molecule has 0 atom stereocenters. The van der Waals surface area contributed by atoms with Crippen molar-refractivity contribution in [3.8, 4) is 0 Å². The van der Waals surface area contributed by atoms with Crippen molar-refractivity contribution in [2.24, 2.45) is 0 Å². The Morgan fingerprint density at radius 1 is 1.05 bits per heavy atom. The highest BCUT2D eigenvalue weighted by Gasteiger charge is 2.32. The third kappa shape index (κ3) is 8.41. The lowest BCUT2D eigenvalue weighted by atomic mass is 10.2. The number of rotatable bonds is 11. The lowest BCUT2D eigenvalue weighted by molar-refractivity contribution is 0.226. The molecule has 5 heteroatoms. The second kappa shape index (κ2) is 9.94. The van der Waals surface area contributed by atoms with E-state index < -0.39 is 15.7 Å². The maximum Gasteiger partial charge on any atom is 0.356 e. The van der Waals surface area contributed by atoms with Crippen LogP contribution in [0.15, 0.2) is 11.4 Å². The number of hydrogen-bond donors (Lipinski definition) is 0. The summed E-state index contributed by atoms with van der Waals surface area (Å²) in [6.07, 6.45) is 6.65. The Labute approximate surface area is 126 Å². The van der Waals surface area contributed by atoms with Gasteiger partial charge in [0.15, 0.2) is 0 Å². The smallest absolute Gasteiger partial charge is 0.306 e. The minimum atomic E-state index is -3.08. The zero-order chi connectivity index (χ0) is 15.6. The standard InChI is InChI=1S/C15H33O3PSi/c1-7-10-11-12-13-15(14-20(4,5)6)19(16,17-8-2)18-9-3/h13H,7-12,14H2,1-6H3/b15-13+. The summed E-state index contributed by atoms with van der Waals surface area (Å²) in [7, 11) is -4.44. The van der Waals surface area contributed by atoms with Gasteiger partial charge in [-0.1, -0.05) is 45.5 Å². The third-order valence-electron chi connectivity index (χ3n) is 2.85. The molecule has 0 fully saturated rings. The van der Waals surface area contributed by atoms with E-state index in [2.05, 4.69) is 32.6 Å². The van der Waals surface area contributed by atoms with E-state index in [1.54, 1.807) is 0 Å². The minimum Gasteiger partial charge on any atom is -0.306 e. The summed E-state index contributed by atoms with van der Waals surface area (Å²) in [5, 5.41) is 0.913. The van der Waals surface area contributed by atoms with Gasteiger partial charge in [-0.15, -0.1) is 0 Å². The van der Waals surface area contributed by atoms with Crippen LogP contribution in [-0.4, -0.2) is 21.3 Å². The van der Waals surface area contributed by atoms with Crippen molar-refractivity contribution >= 4 is 15.7 Å². The van der Waals surface area contributed by atoms with Crippen LogP contribution in [0, 0.1) is 0 Å². The van der Waals surface area contributed by atoms with Crippen LogP contribution >= 0.6 is 7.60 Å². The molecule has 0 N–H and O–H groups in total. The van der Waals surface area contributed by atoms with E-state index >= 15 is 0 Å². The molecular weight excluding hydrogens is 287 g/mol. The molecule has 120 valence electrons. The van der Waals surface area contributed by atoms with Gasteiger partial charge >= 0.3 is 7.60 Å². The van der Waals surface area contributed by atoms with Crippen molar-refractivity contribution in [3.63, 3.8) is 0 Å². The summed E-state index contributed by atoms with van der Waals surface area (Å²) in [6.45, 7) is 13.6. The van der Waals surface area contributed by atoms with Crippen LogP contribution in [0.25, 0.3) is 0 Å². The van der Waals surface area contributed by atoms with Gasteiger partial charge in [0.2, 0.25) is 0 Å². The Kier molecular flexibility index (Phi) is 9.99. The zero-order valence-corrected chi connectivity index (χ0v) is 16.1. The first-order valence-corrected chi connectivity index (χ1v) is 13.1. The average molecular weight is 320 g/mol. The SMILES string of the molecule is CCCCC/C=C(\C[Si](C)(C)C)P(=O)(OCC)OCC. The van der Waals surface area contributed by atoms with Crippen molar-refractivity contribution < 1.29 is 13.6 Å². The Morgan fingerprint density at radius 2 is 1.60 bits per heavy atom. The van der Waals surface area contributed by atoms with E-state index in [1.165, 1.54) is 12.8 Å². The molecule has 0 aliphatic heterocycles. The molecule has 20 heavy (non-hydrogen) atoms. The van der Waals surface area contributed by atoms with Crippen LogP contribution in [0.4, 0.5) is 0 Å². The van der Waals surface area contributed by atoms with Crippen molar-refractivity contribution in [1.82, 2.24) is 0 Å². The van der Waals surface area contributed by atoms with Gasteiger partial charge in [0.1, 0.15) is 0 Å². The highest BCUT2D eigenvalue weighted by molar-refractivity contribution is 7.58. The number of hydrogen-bond acceptors (Lipinski definition) is 3. The van der Waals surface area contributed by atoms with E-state index in [4.69, 9.17) is 9.05 Å². The van der Waals surface area contributed by atoms with Gasteiger partial charge in [0.25, 0.3) is 0 Å². The molecule has 0 aliphatic rings. The van der Waals surface area contributed by atoms with Crippen molar-refractivity contribution in [2.45, 2.75) is 72.1 Å². The molecular formula is C15H33O3PSi. The Bertz CT molecular complexity index is 325. The maximum atomic E-state index is 13.0. The molecule has 0 aliphatic carbocycles. The summed E-state index contributed by atoms with van der Waals surface area (Å²) < 4.78 is 24.0. The molecule has 0 rings (SSSR count). The van der Waals surface area contributed by atoms with Crippen LogP contribution in [-0.2, 0) is 13.6 Å². The van der Waals surface area contributed by atoms with Crippen molar-refractivity contribution in [2.75, 3.05) is 13.2 Å². The van der Waals surface area contributed by atoms with Crippen LogP contribution < -0.4 is 0 Å². The highest BCUT2D eigenvalue weighted by atomic mass is 31.2. The van der Waals surface area contributed by atoms with Gasteiger partial charge in [-0.05, 0) is 32.7 Å². The lowest BCUT2D eigenvalue weighted by Gasteiger charge is -2.25. The maximum absolute atomic E-state index is 13.0. The number of allylic oxidation sites excluding steroid dienone is 2. The monoisotopic (exact) mass is 320 g/mol. The fraction of sp³-hybridized carbons (Fsp3) is 0.867. The van der Waals surface area contributed by atoms with Crippen LogP contribution in [0.2, 0.25) is 25.7 Å². The van der Waals surface area contributed by atoms with Gasteiger partial charge in [-0.2, -0.15) is 0 Å². The summed E-state index contributed by atoms with van der Waals surface area (Å²) in [5.41, 5.74) is 0. The van der Waals surface area contributed by atoms with E-state index in [1.807, 2.05) is 13.8 Å². The van der Waals surface area contributed by atoms with Crippen LogP contribution in [0.1, 0.15) is 46.5 Å². The zero-order valence-electron chi connectivity index (χ0n) is 14.2. The van der Waals surface area contributed by atoms with E-state index in [0.29, 0.717) is 13.2 Å². The molecule has 0 aromatic rings. The van der Waals surface area contributed by atoms with Crippen molar-refractivity contribution in [3.05, 3.63) is 11.4 Å². The summed E-state index contributed by atoms with van der Waals surface area (Å²) in [4.78, 5) is 0. The Balaban J connectivity index is 5.09. The fourth-order valence-corrected chi connectivity index (χ4v) is 6.90. The molecule has 0 spiro atoms. The fourth-order valence-electron chi connectivity index (χ4n) is 2.03. The average Bonchev–Trinajstić information content (AvgIpc) is 2.32. The first kappa shape index (κ1) is 20.1. The quantitative estimate of drug-likeness (QED) is 0.264.